The predicted molar refractivity (Wildman–Crippen MR) is 59.7 cm³/mol. The van der Waals surface area contributed by atoms with Crippen molar-refractivity contribution in [3.8, 4) is 0 Å². The first-order chi connectivity index (χ1) is 7.37. The molecule has 5 heteroatoms. The van der Waals surface area contributed by atoms with Crippen molar-refractivity contribution in [1.82, 2.24) is 5.32 Å². The summed E-state index contributed by atoms with van der Waals surface area (Å²) in [6.07, 6.45) is 1.90. The molecule has 0 spiro atoms. The Bertz CT molecular complexity index is 285. The molecule has 4 N–H and O–H groups in total. The van der Waals surface area contributed by atoms with Crippen LogP contribution in [0, 0.1) is 11.3 Å². The summed E-state index contributed by atoms with van der Waals surface area (Å²) in [5, 5.41) is 11.5. The van der Waals surface area contributed by atoms with Crippen LogP contribution in [0.1, 0.15) is 33.1 Å². The van der Waals surface area contributed by atoms with Gasteiger partial charge in [0, 0.05) is 6.54 Å². The van der Waals surface area contributed by atoms with E-state index >= 15 is 0 Å². The number of hydrogen-bond acceptors (Lipinski definition) is 3. The first-order valence-corrected chi connectivity index (χ1v) is 5.64. The minimum absolute atomic E-state index is 0.201. The van der Waals surface area contributed by atoms with Gasteiger partial charge in [-0.3, -0.25) is 9.59 Å². The summed E-state index contributed by atoms with van der Waals surface area (Å²) in [4.78, 5) is 22.4. The third kappa shape index (κ3) is 3.20. The first-order valence-electron chi connectivity index (χ1n) is 5.64. The second-order valence-electron chi connectivity index (χ2n) is 5.04. The fourth-order valence-electron chi connectivity index (χ4n) is 1.62. The van der Waals surface area contributed by atoms with Crippen molar-refractivity contribution >= 4 is 11.9 Å². The molecule has 1 aliphatic carbocycles. The third-order valence-corrected chi connectivity index (χ3v) is 2.97. The average Bonchev–Trinajstić information content (AvgIpc) is 2.93. The zero-order valence-electron chi connectivity index (χ0n) is 9.82. The standard InChI is InChI=1S/C11H20N2O3/c1-7(2)5-8(12)9(14)13-6-11(3-4-11)10(15)16/h7-8H,3-6,12H2,1-2H3,(H,13,14)(H,15,16)/t8-/m1/s1. The van der Waals surface area contributed by atoms with E-state index < -0.39 is 17.4 Å². The summed E-state index contributed by atoms with van der Waals surface area (Å²) >= 11 is 0. The van der Waals surface area contributed by atoms with Gasteiger partial charge in [-0.05, 0) is 25.2 Å². The van der Waals surface area contributed by atoms with E-state index in [-0.39, 0.29) is 12.5 Å². The predicted octanol–water partition coefficient (Wildman–Crippen LogP) is 0.341. The number of nitrogens with two attached hydrogens (primary N) is 1. The molecule has 16 heavy (non-hydrogen) atoms. The van der Waals surface area contributed by atoms with Gasteiger partial charge in [0.25, 0.3) is 0 Å². The molecular weight excluding hydrogens is 208 g/mol. The molecule has 1 saturated carbocycles. The Morgan fingerprint density at radius 3 is 2.38 bits per heavy atom. The SMILES string of the molecule is CC(C)C[C@@H](N)C(=O)NCC1(C(=O)O)CC1. The van der Waals surface area contributed by atoms with Crippen molar-refractivity contribution in [1.29, 1.82) is 0 Å². The Hall–Kier alpha value is -1.10. The van der Waals surface area contributed by atoms with E-state index in [2.05, 4.69) is 5.32 Å². The maximum Gasteiger partial charge on any atom is 0.311 e. The lowest BCUT2D eigenvalue weighted by atomic mass is 10.0. The van der Waals surface area contributed by atoms with Crippen LogP contribution in [0.2, 0.25) is 0 Å². The molecule has 92 valence electrons. The molecule has 0 heterocycles. The molecule has 0 saturated heterocycles. The Kier molecular flexibility index (Phi) is 3.91. The van der Waals surface area contributed by atoms with Gasteiger partial charge in [0.2, 0.25) is 5.91 Å². The number of hydrogen-bond donors (Lipinski definition) is 3. The molecule has 1 atom stereocenters. The van der Waals surface area contributed by atoms with Crippen LogP contribution in [0.15, 0.2) is 0 Å². The highest BCUT2D eigenvalue weighted by atomic mass is 16.4. The number of carbonyl (C=O) groups excluding carboxylic acids is 1. The highest BCUT2D eigenvalue weighted by Crippen LogP contribution is 2.45. The van der Waals surface area contributed by atoms with Crippen molar-refractivity contribution in [2.75, 3.05) is 6.54 Å². The zero-order chi connectivity index (χ0) is 12.3. The highest BCUT2D eigenvalue weighted by molar-refractivity contribution is 5.83. The number of amides is 1. The minimum atomic E-state index is -0.828. The maximum atomic E-state index is 11.5. The maximum absolute atomic E-state index is 11.5. The fraction of sp³-hybridized carbons (Fsp3) is 0.818. The minimum Gasteiger partial charge on any atom is -0.481 e. The van der Waals surface area contributed by atoms with Gasteiger partial charge < -0.3 is 16.2 Å². The van der Waals surface area contributed by atoms with Crippen LogP contribution < -0.4 is 11.1 Å². The Morgan fingerprint density at radius 2 is 2.00 bits per heavy atom. The lowest BCUT2D eigenvalue weighted by molar-refractivity contribution is -0.143. The van der Waals surface area contributed by atoms with Crippen LogP contribution in [-0.4, -0.2) is 29.6 Å². The second kappa shape index (κ2) is 4.82. The van der Waals surface area contributed by atoms with Gasteiger partial charge in [-0.25, -0.2) is 0 Å². The van der Waals surface area contributed by atoms with Crippen LogP contribution in [0.3, 0.4) is 0 Å². The van der Waals surface area contributed by atoms with E-state index in [9.17, 15) is 9.59 Å². The van der Waals surface area contributed by atoms with Crippen molar-refractivity contribution < 1.29 is 14.7 Å². The number of carbonyl (C=O) groups is 2. The quantitative estimate of drug-likeness (QED) is 0.611. The smallest absolute Gasteiger partial charge is 0.311 e. The van der Waals surface area contributed by atoms with Gasteiger partial charge >= 0.3 is 5.97 Å². The van der Waals surface area contributed by atoms with Gasteiger partial charge in [-0.2, -0.15) is 0 Å². The molecule has 0 radical (unpaired) electrons. The summed E-state index contributed by atoms with van der Waals surface area (Å²) < 4.78 is 0. The molecule has 0 unspecified atom stereocenters. The molecular formula is C11H20N2O3. The van der Waals surface area contributed by atoms with Gasteiger partial charge in [-0.1, -0.05) is 13.8 Å². The van der Waals surface area contributed by atoms with Crippen LogP contribution >= 0.6 is 0 Å². The number of carboxylic acid groups (broad SMARTS) is 1. The summed E-state index contributed by atoms with van der Waals surface area (Å²) in [6.45, 7) is 4.19. The second-order valence-corrected chi connectivity index (χ2v) is 5.04. The van der Waals surface area contributed by atoms with Crippen molar-refractivity contribution in [2.24, 2.45) is 17.1 Å². The topological polar surface area (TPSA) is 92.4 Å². The Balaban J connectivity index is 2.33. The molecule has 0 aromatic carbocycles. The number of carboxylic acids is 1. The normalized spacial score (nSPS) is 19.2. The molecule has 1 aliphatic rings. The third-order valence-electron chi connectivity index (χ3n) is 2.97. The van der Waals surface area contributed by atoms with Crippen LogP contribution in [-0.2, 0) is 9.59 Å². The summed E-state index contributed by atoms with van der Waals surface area (Å²) in [7, 11) is 0. The first kappa shape index (κ1) is 13.0. The van der Waals surface area contributed by atoms with E-state index in [1.54, 1.807) is 0 Å². The fourth-order valence-corrected chi connectivity index (χ4v) is 1.62. The lowest BCUT2D eigenvalue weighted by Crippen LogP contribution is -2.44. The van der Waals surface area contributed by atoms with Gasteiger partial charge in [0.15, 0.2) is 0 Å². The summed E-state index contributed by atoms with van der Waals surface area (Å²) in [6, 6.07) is -0.537. The molecule has 1 amide bonds. The number of rotatable bonds is 6. The van der Waals surface area contributed by atoms with Crippen molar-refractivity contribution in [2.45, 2.75) is 39.2 Å². The Morgan fingerprint density at radius 1 is 1.44 bits per heavy atom. The van der Waals surface area contributed by atoms with E-state index in [0.717, 1.165) is 0 Å². The molecule has 1 fully saturated rings. The van der Waals surface area contributed by atoms with Gasteiger partial charge in [0.05, 0.1) is 11.5 Å². The highest BCUT2D eigenvalue weighted by Gasteiger charge is 2.50. The molecule has 5 nitrogen and oxygen atoms in total. The molecule has 0 aromatic rings. The number of aliphatic carboxylic acids is 1. The monoisotopic (exact) mass is 228 g/mol. The van der Waals surface area contributed by atoms with Gasteiger partial charge in [0.1, 0.15) is 0 Å². The van der Waals surface area contributed by atoms with Crippen LogP contribution in [0.5, 0.6) is 0 Å². The lowest BCUT2D eigenvalue weighted by Gasteiger charge is -2.16. The molecule has 0 aliphatic heterocycles. The van der Waals surface area contributed by atoms with E-state index in [1.807, 2.05) is 13.8 Å². The molecule has 1 rings (SSSR count). The van der Waals surface area contributed by atoms with Crippen LogP contribution in [0.25, 0.3) is 0 Å². The summed E-state index contributed by atoms with van der Waals surface area (Å²) in [5.74, 6) is -0.721. The van der Waals surface area contributed by atoms with Gasteiger partial charge in [-0.15, -0.1) is 0 Å². The van der Waals surface area contributed by atoms with Crippen LogP contribution in [0.4, 0.5) is 0 Å². The molecule has 0 aromatic heterocycles. The average molecular weight is 228 g/mol. The largest absolute Gasteiger partial charge is 0.481 e. The summed E-state index contributed by atoms with van der Waals surface area (Å²) in [5.41, 5.74) is 4.97. The number of nitrogens with one attached hydrogen (secondary N) is 1. The van der Waals surface area contributed by atoms with E-state index in [1.165, 1.54) is 0 Å². The van der Waals surface area contributed by atoms with E-state index in [0.29, 0.717) is 25.2 Å². The Labute approximate surface area is 95.4 Å². The van der Waals surface area contributed by atoms with E-state index in [4.69, 9.17) is 10.8 Å². The van der Waals surface area contributed by atoms with Crippen molar-refractivity contribution in [3.63, 3.8) is 0 Å². The van der Waals surface area contributed by atoms with Crippen molar-refractivity contribution in [3.05, 3.63) is 0 Å². The zero-order valence-corrected chi connectivity index (χ0v) is 9.82. The molecule has 0 bridgehead atoms.